The van der Waals surface area contributed by atoms with E-state index in [9.17, 15) is 5.11 Å². The molecular weight excluding hydrogens is 244 g/mol. The summed E-state index contributed by atoms with van der Waals surface area (Å²) in [4.78, 5) is 4.65. The second-order valence-electron chi connectivity index (χ2n) is 6.20. The van der Waals surface area contributed by atoms with Crippen LogP contribution in [0.5, 0.6) is 0 Å². The smallest absolute Gasteiger partial charge is 0.0954 e. The Kier molecular flexibility index (Phi) is 4.41. The average Bonchev–Trinajstić information content (AvgIpc) is 2.78. The molecule has 0 amide bonds. The summed E-state index contributed by atoms with van der Waals surface area (Å²) in [6, 6.07) is 0.251. The Bertz CT molecular complexity index is 377. The highest BCUT2D eigenvalue weighted by Crippen LogP contribution is 2.25. The van der Waals surface area contributed by atoms with E-state index in [1.165, 1.54) is 12.8 Å². The molecule has 2 heterocycles. The highest BCUT2D eigenvalue weighted by molar-refractivity contribution is 7.09. The summed E-state index contributed by atoms with van der Waals surface area (Å²) >= 11 is 1.67. The highest BCUT2D eigenvalue weighted by atomic mass is 32.1. The summed E-state index contributed by atoms with van der Waals surface area (Å²) in [5.74, 6) is 0. The Labute approximate surface area is 114 Å². The van der Waals surface area contributed by atoms with E-state index in [1.54, 1.807) is 11.3 Å². The van der Waals surface area contributed by atoms with Crippen molar-refractivity contribution in [2.45, 2.75) is 64.0 Å². The van der Waals surface area contributed by atoms with Crippen LogP contribution in [0.15, 0.2) is 5.38 Å². The first kappa shape index (κ1) is 14.0. The highest BCUT2D eigenvalue weighted by Gasteiger charge is 2.23. The molecule has 18 heavy (non-hydrogen) atoms. The zero-order chi connectivity index (χ0) is 13.2. The molecule has 4 heteroatoms. The van der Waals surface area contributed by atoms with Crippen molar-refractivity contribution >= 4 is 11.3 Å². The van der Waals surface area contributed by atoms with E-state index in [-0.39, 0.29) is 17.6 Å². The Morgan fingerprint density at radius 2 is 2.28 bits per heavy atom. The molecule has 1 aromatic rings. The van der Waals surface area contributed by atoms with Crippen LogP contribution in [0.1, 0.15) is 50.7 Å². The molecule has 0 saturated carbocycles. The maximum absolute atomic E-state index is 10.2. The molecule has 1 fully saturated rings. The molecule has 2 N–H and O–H groups in total. The van der Waals surface area contributed by atoms with E-state index in [2.05, 4.69) is 36.5 Å². The molecule has 1 aliphatic heterocycles. The van der Waals surface area contributed by atoms with Gasteiger partial charge in [0.1, 0.15) is 0 Å². The zero-order valence-corrected chi connectivity index (χ0v) is 12.4. The predicted molar refractivity (Wildman–Crippen MR) is 76.2 cm³/mol. The van der Waals surface area contributed by atoms with E-state index in [4.69, 9.17) is 0 Å². The largest absolute Gasteiger partial charge is 0.391 e. The standard InChI is InChI=1S/C14H24N2OS/c1-14(2,3)12-9-18-13(16-12)8-11(17)10-6-4-5-7-15-10/h9-11,15,17H,4-8H2,1-3H3. The molecule has 0 aliphatic carbocycles. The van der Waals surface area contributed by atoms with Gasteiger partial charge in [0, 0.05) is 23.3 Å². The minimum atomic E-state index is -0.302. The van der Waals surface area contributed by atoms with Crippen LogP contribution in [0.25, 0.3) is 0 Å². The number of hydrogen-bond donors (Lipinski definition) is 2. The fraction of sp³-hybridized carbons (Fsp3) is 0.786. The summed E-state index contributed by atoms with van der Waals surface area (Å²) in [6.07, 6.45) is 3.91. The molecule has 1 saturated heterocycles. The van der Waals surface area contributed by atoms with Gasteiger partial charge in [-0.05, 0) is 19.4 Å². The van der Waals surface area contributed by atoms with Crippen LogP contribution in [0.2, 0.25) is 0 Å². The number of aliphatic hydroxyl groups is 1. The normalized spacial score (nSPS) is 23.0. The van der Waals surface area contributed by atoms with Crippen molar-refractivity contribution in [1.82, 2.24) is 10.3 Å². The monoisotopic (exact) mass is 268 g/mol. The van der Waals surface area contributed by atoms with Crippen LogP contribution in [-0.4, -0.2) is 28.8 Å². The number of aromatic nitrogens is 1. The molecule has 2 rings (SSSR count). The Hall–Kier alpha value is -0.450. The van der Waals surface area contributed by atoms with Crippen molar-refractivity contribution in [3.05, 3.63) is 16.1 Å². The van der Waals surface area contributed by atoms with Gasteiger partial charge in [0.25, 0.3) is 0 Å². The molecular formula is C14H24N2OS. The van der Waals surface area contributed by atoms with Gasteiger partial charge < -0.3 is 10.4 Å². The minimum Gasteiger partial charge on any atom is -0.391 e. The van der Waals surface area contributed by atoms with Crippen molar-refractivity contribution in [2.24, 2.45) is 0 Å². The van der Waals surface area contributed by atoms with Gasteiger partial charge >= 0.3 is 0 Å². The molecule has 3 nitrogen and oxygen atoms in total. The van der Waals surface area contributed by atoms with Gasteiger partial charge in [0.15, 0.2) is 0 Å². The SMILES string of the molecule is CC(C)(C)c1csc(CC(O)C2CCCCN2)n1. The molecule has 0 bridgehead atoms. The number of thiazole rings is 1. The fourth-order valence-corrected chi connectivity index (χ4v) is 3.35. The van der Waals surface area contributed by atoms with E-state index in [1.807, 2.05) is 0 Å². The first-order valence-electron chi connectivity index (χ1n) is 6.83. The molecule has 0 radical (unpaired) electrons. The Balaban J connectivity index is 1.94. The van der Waals surface area contributed by atoms with Crippen LogP contribution < -0.4 is 5.32 Å². The molecule has 2 unspecified atom stereocenters. The van der Waals surface area contributed by atoms with Gasteiger partial charge in [-0.1, -0.05) is 27.2 Å². The van der Waals surface area contributed by atoms with Crippen molar-refractivity contribution < 1.29 is 5.11 Å². The minimum absolute atomic E-state index is 0.1000. The molecule has 0 spiro atoms. The summed E-state index contributed by atoms with van der Waals surface area (Å²) < 4.78 is 0. The second kappa shape index (κ2) is 5.68. The van der Waals surface area contributed by atoms with E-state index in [0.717, 1.165) is 23.7 Å². The summed E-state index contributed by atoms with van der Waals surface area (Å²) in [7, 11) is 0. The lowest BCUT2D eigenvalue weighted by atomic mass is 9.93. The number of hydrogen-bond acceptors (Lipinski definition) is 4. The zero-order valence-electron chi connectivity index (χ0n) is 11.6. The van der Waals surface area contributed by atoms with E-state index < -0.39 is 0 Å². The quantitative estimate of drug-likeness (QED) is 0.885. The van der Waals surface area contributed by atoms with Gasteiger partial charge in [0.2, 0.25) is 0 Å². The van der Waals surface area contributed by atoms with E-state index in [0.29, 0.717) is 6.42 Å². The summed E-state index contributed by atoms with van der Waals surface area (Å²) in [6.45, 7) is 7.55. The number of rotatable bonds is 3. The summed E-state index contributed by atoms with van der Waals surface area (Å²) in [5, 5.41) is 16.8. The summed E-state index contributed by atoms with van der Waals surface area (Å²) in [5.41, 5.74) is 1.23. The maximum Gasteiger partial charge on any atom is 0.0954 e. The lowest BCUT2D eigenvalue weighted by Gasteiger charge is -2.27. The number of aliphatic hydroxyl groups excluding tert-OH is 1. The lowest BCUT2D eigenvalue weighted by molar-refractivity contribution is 0.113. The van der Waals surface area contributed by atoms with Crippen LogP contribution in [-0.2, 0) is 11.8 Å². The predicted octanol–water partition coefficient (Wildman–Crippen LogP) is 2.49. The van der Waals surface area contributed by atoms with Crippen LogP contribution >= 0.6 is 11.3 Å². The third-order valence-corrected chi connectivity index (χ3v) is 4.39. The fourth-order valence-electron chi connectivity index (χ4n) is 2.28. The number of nitrogens with one attached hydrogen (secondary N) is 1. The topological polar surface area (TPSA) is 45.1 Å². The van der Waals surface area contributed by atoms with Gasteiger partial charge in [-0.3, -0.25) is 0 Å². The van der Waals surface area contributed by atoms with Gasteiger partial charge in [-0.2, -0.15) is 0 Å². The average molecular weight is 268 g/mol. The number of piperidine rings is 1. The van der Waals surface area contributed by atoms with Crippen molar-refractivity contribution in [3.8, 4) is 0 Å². The van der Waals surface area contributed by atoms with Crippen LogP contribution in [0.4, 0.5) is 0 Å². The van der Waals surface area contributed by atoms with E-state index >= 15 is 0 Å². The molecule has 0 aromatic carbocycles. The van der Waals surface area contributed by atoms with Crippen LogP contribution in [0, 0.1) is 0 Å². The van der Waals surface area contributed by atoms with Gasteiger partial charge in [-0.25, -0.2) is 4.98 Å². The number of nitrogens with zero attached hydrogens (tertiary/aromatic N) is 1. The van der Waals surface area contributed by atoms with Crippen LogP contribution in [0.3, 0.4) is 0 Å². The molecule has 1 aliphatic rings. The Morgan fingerprint density at radius 1 is 1.50 bits per heavy atom. The van der Waals surface area contributed by atoms with Crippen molar-refractivity contribution in [1.29, 1.82) is 0 Å². The first-order valence-corrected chi connectivity index (χ1v) is 7.71. The lowest BCUT2D eigenvalue weighted by Crippen LogP contribution is -2.44. The first-order chi connectivity index (χ1) is 8.47. The third-order valence-electron chi connectivity index (χ3n) is 3.52. The van der Waals surface area contributed by atoms with Crippen molar-refractivity contribution in [3.63, 3.8) is 0 Å². The maximum atomic E-state index is 10.2. The van der Waals surface area contributed by atoms with Gasteiger partial charge in [0.05, 0.1) is 16.8 Å². The molecule has 1 aromatic heterocycles. The van der Waals surface area contributed by atoms with Gasteiger partial charge in [-0.15, -0.1) is 11.3 Å². The Morgan fingerprint density at radius 3 is 2.83 bits per heavy atom. The molecule has 2 atom stereocenters. The third kappa shape index (κ3) is 3.53. The van der Waals surface area contributed by atoms with Crippen molar-refractivity contribution in [2.75, 3.05) is 6.54 Å². The second-order valence-corrected chi connectivity index (χ2v) is 7.15. The molecule has 102 valence electrons.